The topological polar surface area (TPSA) is 72.2 Å². The third kappa shape index (κ3) is 3.33. The molecule has 8 heteroatoms. The molecule has 0 unspecified atom stereocenters. The zero-order chi connectivity index (χ0) is 14.0. The highest BCUT2D eigenvalue weighted by atomic mass is 79.9. The molecule has 0 amide bonds. The Morgan fingerprint density at radius 2 is 2.16 bits per heavy atom. The van der Waals surface area contributed by atoms with Crippen LogP contribution in [0.15, 0.2) is 39.0 Å². The predicted octanol–water partition coefficient (Wildman–Crippen LogP) is 2.71. The van der Waals surface area contributed by atoms with Crippen LogP contribution in [0.4, 0.5) is 10.1 Å². The van der Waals surface area contributed by atoms with E-state index < -0.39 is 20.7 Å². The van der Waals surface area contributed by atoms with Crippen LogP contribution in [-0.4, -0.2) is 8.42 Å². The van der Waals surface area contributed by atoms with Crippen molar-refractivity contribution < 1.29 is 12.8 Å². The molecular weight excluding hydrogens is 355 g/mol. The van der Waals surface area contributed by atoms with Crippen LogP contribution in [0, 0.1) is 5.82 Å². The molecule has 0 atom stereocenters. The molecule has 1 aromatic carbocycles. The first-order valence-electron chi connectivity index (χ1n) is 5.17. The van der Waals surface area contributed by atoms with E-state index in [1.165, 1.54) is 23.5 Å². The Kier molecular flexibility index (Phi) is 4.24. The Morgan fingerprint density at radius 3 is 2.74 bits per heavy atom. The molecule has 0 radical (unpaired) electrons. The van der Waals surface area contributed by atoms with Gasteiger partial charge in [-0.25, -0.2) is 17.5 Å². The van der Waals surface area contributed by atoms with Crippen molar-refractivity contribution in [3.63, 3.8) is 0 Å². The fourth-order valence-corrected chi connectivity index (χ4v) is 4.17. The number of anilines is 1. The lowest BCUT2D eigenvalue weighted by molar-refractivity contribution is 0.558. The van der Waals surface area contributed by atoms with Crippen LogP contribution in [0.25, 0.3) is 0 Å². The molecule has 2 aromatic rings. The zero-order valence-electron chi connectivity index (χ0n) is 9.56. The summed E-state index contributed by atoms with van der Waals surface area (Å²) in [5.41, 5.74) is 5.41. The molecule has 0 bridgehead atoms. The van der Waals surface area contributed by atoms with E-state index in [9.17, 15) is 12.8 Å². The number of hydrogen-bond donors (Lipinski definition) is 2. The van der Waals surface area contributed by atoms with Crippen LogP contribution in [0.3, 0.4) is 0 Å². The summed E-state index contributed by atoms with van der Waals surface area (Å²) in [5, 5.41) is 1.83. The first-order valence-corrected chi connectivity index (χ1v) is 8.32. The minimum Gasteiger partial charge on any atom is -0.398 e. The van der Waals surface area contributed by atoms with E-state index in [-0.39, 0.29) is 12.2 Å². The maximum atomic E-state index is 13.6. The smallest absolute Gasteiger partial charge is 0.245 e. The Hall–Kier alpha value is -0.960. The molecule has 0 aliphatic heterocycles. The Morgan fingerprint density at radius 1 is 1.42 bits per heavy atom. The average molecular weight is 365 g/mol. The predicted molar refractivity (Wildman–Crippen MR) is 76.9 cm³/mol. The summed E-state index contributed by atoms with van der Waals surface area (Å²) in [6, 6.07) is 5.56. The van der Waals surface area contributed by atoms with E-state index in [0.717, 1.165) is 15.4 Å². The van der Waals surface area contributed by atoms with Crippen molar-refractivity contribution in [1.29, 1.82) is 0 Å². The van der Waals surface area contributed by atoms with Gasteiger partial charge >= 0.3 is 0 Å². The van der Waals surface area contributed by atoms with Crippen molar-refractivity contribution in [2.24, 2.45) is 0 Å². The normalized spacial score (nSPS) is 11.7. The second-order valence-electron chi connectivity index (χ2n) is 3.71. The zero-order valence-corrected chi connectivity index (χ0v) is 12.8. The minimum absolute atomic E-state index is 0.0897. The van der Waals surface area contributed by atoms with Crippen LogP contribution in [0.2, 0.25) is 0 Å². The first-order chi connectivity index (χ1) is 8.90. The highest BCUT2D eigenvalue weighted by Gasteiger charge is 2.21. The lowest BCUT2D eigenvalue weighted by atomic mass is 10.3. The fraction of sp³-hybridized carbons (Fsp3) is 0.0909. The van der Waals surface area contributed by atoms with Crippen molar-refractivity contribution in [3.8, 4) is 0 Å². The van der Waals surface area contributed by atoms with E-state index in [1.54, 1.807) is 6.07 Å². The maximum Gasteiger partial charge on any atom is 0.245 e. The summed E-state index contributed by atoms with van der Waals surface area (Å²) in [7, 11) is -3.97. The van der Waals surface area contributed by atoms with Crippen molar-refractivity contribution in [2.45, 2.75) is 11.4 Å². The quantitative estimate of drug-likeness (QED) is 0.819. The summed E-state index contributed by atoms with van der Waals surface area (Å²) in [4.78, 5) is 0.302. The highest BCUT2D eigenvalue weighted by Crippen LogP contribution is 2.23. The monoisotopic (exact) mass is 364 g/mol. The van der Waals surface area contributed by atoms with Gasteiger partial charge in [0.25, 0.3) is 0 Å². The molecule has 0 aliphatic rings. The SMILES string of the molecule is Nc1cccc(F)c1S(=O)(=O)NCc1cc(Br)cs1. The van der Waals surface area contributed by atoms with E-state index in [0.29, 0.717) is 0 Å². The largest absolute Gasteiger partial charge is 0.398 e. The molecule has 0 aliphatic carbocycles. The second kappa shape index (κ2) is 5.58. The molecule has 0 fully saturated rings. The molecule has 0 spiro atoms. The third-order valence-electron chi connectivity index (χ3n) is 2.32. The molecule has 0 saturated heterocycles. The van der Waals surface area contributed by atoms with Gasteiger partial charge in [0.05, 0.1) is 5.69 Å². The van der Waals surface area contributed by atoms with E-state index in [4.69, 9.17) is 5.73 Å². The standard InChI is InChI=1S/C11H10BrFN2O2S2/c12-7-4-8(18-6-7)5-15-19(16,17)11-9(13)2-1-3-10(11)14/h1-4,6,15H,5,14H2. The van der Waals surface area contributed by atoms with E-state index in [1.807, 2.05) is 5.38 Å². The lowest BCUT2D eigenvalue weighted by Gasteiger charge is -2.09. The van der Waals surface area contributed by atoms with Crippen molar-refractivity contribution >= 4 is 43.0 Å². The van der Waals surface area contributed by atoms with Gasteiger partial charge in [-0.15, -0.1) is 11.3 Å². The van der Waals surface area contributed by atoms with Gasteiger partial charge in [0, 0.05) is 21.3 Å². The van der Waals surface area contributed by atoms with Crippen molar-refractivity contribution in [2.75, 3.05) is 5.73 Å². The second-order valence-corrected chi connectivity index (χ2v) is 7.33. The van der Waals surface area contributed by atoms with Crippen molar-refractivity contribution in [1.82, 2.24) is 4.72 Å². The van der Waals surface area contributed by atoms with Gasteiger partial charge in [-0.1, -0.05) is 6.07 Å². The molecule has 4 nitrogen and oxygen atoms in total. The number of nitrogens with one attached hydrogen (secondary N) is 1. The van der Waals surface area contributed by atoms with Crippen LogP contribution in [0.1, 0.15) is 4.88 Å². The van der Waals surface area contributed by atoms with Crippen LogP contribution >= 0.6 is 27.3 Å². The van der Waals surface area contributed by atoms with Gasteiger partial charge in [0.15, 0.2) is 0 Å². The fourth-order valence-electron chi connectivity index (χ4n) is 1.49. The summed E-state index contributed by atoms with van der Waals surface area (Å²) >= 11 is 4.67. The molecular formula is C11H10BrFN2O2S2. The van der Waals surface area contributed by atoms with Crippen molar-refractivity contribution in [3.05, 3.63) is 44.8 Å². The summed E-state index contributed by atoms with van der Waals surface area (Å²) in [6.45, 7) is 0.0897. The third-order valence-corrected chi connectivity index (χ3v) is 5.51. The van der Waals surface area contributed by atoms with Gasteiger partial charge < -0.3 is 5.73 Å². The number of nitrogens with two attached hydrogens (primary N) is 1. The molecule has 2 rings (SSSR count). The molecule has 102 valence electrons. The molecule has 0 saturated carbocycles. The molecule has 1 aromatic heterocycles. The van der Waals surface area contributed by atoms with Gasteiger partial charge in [-0.3, -0.25) is 0 Å². The highest BCUT2D eigenvalue weighted by molar-refractivity contribution is 9.10. The number of nitrogen functional groups attached to an aromatic ring is 1. The molecule has 1 heterocycles. The van der Waals surface area contributed by atoms with Gasteiger partial charge in [0.1, 0.15) is 10.7 Å². The first kappa shape index (κ1) is 14.4. The number of thiophene rings is 1. The van der Waals surface area contributed by atoms with Gasteiger partial charge in [-0.2, -0.15) is 0 Å². The minimum atomic E-state index is -3.97. The summed E-state index contributed by atoms with van der Waals surface area (Å²) in [6.07, 6.45) is 0. The lowest BCUT2D eigenvalue weighted by Crippen LogP contribution is -2.24. The number of hydrogen-bond acceptors (Lipinski definition) is 4. The maximum absolute atomic E-state index is 13.6. The number of halogens is 2. The summed E-state index contributed by atoms with van der Waals surface area (Å²) < 4.78 is 40.8. The average Bonchev–Trinajstić information content (AvgIpc) is 2.72. The number of benzene rings is 1. The van der Waals surface area contributed by atoms with Crippen LogP contribution in [0.5, 0.6) is 0 Å². The van der Waals surface area contributed by atoms with Gasteiger partial charge in [0.2, 0.25) is 10.0 Å². The Bertz CT molecular complexity index is 680. The van der Waals surface area contributed by atoms with E-state index in [2.05, 4.69) is 20.7 Å². The van der Waals surface area contributed by atoms with E-state index >= 15 is 0 Å². The van der Waals surface area contributed by atoms with Crippen LogP contribution in [-0.2, 0) is 16.6 Å². The number of rotatable bonds is 4. The molecule has 19 heavy (non-hydrogen) atoms. The Balaban J connectivity index is 2.23. The molecule has 3 N–H and O–H groups in total. The summed E-state index contributed by atoms with van der Waals surface area (Å²) in [5.74, 6) is -0.861. The Labute approximate surface area is 122 Å². The number of sulfonamides is 1. The van der Waals surface area contributed by atoms with Gasteiger partial charge in [-0.05, 0) is 34.1 Å². The van der Waals surface area contributed by atoms with Crippen LogP contribution < -0.4 is 10.5 Å².